The summed E-state index contributed by atoms with van der Waals surface area (Å²) in [5, 5.41) is 12.2. The largest absolute Gasteiger partial charge is 0.493 e. The van der Waals surface area contributed by atoms with Gasteiger partial charge < -0.3 is 24.2 Å². The Labute approximate surface area is 144 Å². The van der Waals surface area contributed by atoms with Crippen molar-refractivity contribution in [3.8, 4) is 17.2 Å². The SMILES string of the molecule is COc1cc(C(=O)N2Cc3sccc3C(O)C2)cc(OC)c1OC. The maximum atomic E-state index is 12.9. The van der Waals surface area contributed by atoms with Crippen molar-refractivity contribution in [1.82, 2.24) is 4.90 Å². The van der Waals surface area contributed by atoms with Crippen LogP contribution in [0.5, 0.6) is 17.2 Å². The van der Waals surface area contributed by atoms with Gasteiger partial charge in [0.2, 0.25) is 5.75 Å². The van der Waals surface area contributed by atoms with Gasteiger partial charge in [-0.1, -0.05) is 0 Å². The number of carbonyl (C=O) groups is 1. The van der Waals surface area contributed by atoms with Crippen molar-refractivity contribution < 1.29 is 24.1 Å². The number of methoxy groups -OCH3 is 3. The average Bonchev–Trinajstić information content (AvgIpc) is 3.08. The fourth-order valence-corrected chi connectivity index (χ4v) is 3.81. The number of hydrogen-bond donors (Lipinski definition) is 1. The van der Waals surface area contributed by atoms with Crippen LogP contribution in [-0.2, 0) is 6.54 Å². The molecular weight excluding hydrogens is 330 g/mol. The fourth-order valence-electron chi connectivity index (χ4n) is 2.86. The van der Waals surface area contributed by atoms with E-state index in [0.717, 1.165) is 10.4 Å². The second kappa shape index (κ2) is 6.70. The van der Waals surface area contributed by atoms with Crippen molar-refractivity contribution in [2.75, 3.05) is 27.9 Å². The van der Waals surface area contributed by atoms with Gasteiger partial charge in [0.25, 0.3) is 5.91 Å². The van der Waals surface area contributed by atoms with Crippen molar-refractivity contribution in [2.45, 2.75) is 12.6 Å². The number of hydrogen-bond acceptors (Lipinski definition) is 6. The van der Waals surface area contributed by atoms with E-state index in [4.69, 9.17) is 14.2 Å². The molecule has 128 valence electrons. The zero-order valence-corrected chi connectivity index (χ0v) is 14.6. The van der Waals surface area contributed by atoms with Crippen LogP contribution in [0.15, 0.2) is 23.6 Å². The number of β-amino-alcohol motifs (C(OH)–C–C–N with tert-alkyl or cyclic N) is 1. The number of fused-ring (bicyclic) bond motifs is 1. The molecule has 1 unspecified atom stereocenters. The third-order valence-corrected chi connectivity index (χ3v) is 4.99. The van der Waals surface area contributed by atoms with Crippen LogP contribution in [0.25, 0.3) is 0 Å². The molecule has 0 spiro atoms. The van der Waals surface area contributed by atoms with Crippen LogP contribution >= 0.6 is 11.3 Å². The molecule has 2 aromatic rings. The smallest absolute Gasteiger partial charge is 0.254 e. The van der Waals surface area contributed by atoms with Gasteiger partial charge >= 0.3 is 0 Å². The summed E-state index contributed by atoms with van der Waals surface area (Å²) in [6.45, 7) is 0.749. The lowest BCUT2D eigenvalue weighted by molar-refractivity contribution is 0.0556. The van der Waals surface area contributed by atoms with Crippen molar-refractivity contribution in [3.05, 3.63) is 39.6 Å². The Morgan fingerprint density at radius 1 is 1.21 bits per heavy atom. The summed E-state index contributed by atoms with van der Waals surface area (Å²) in [7, 11) is 4.53. The summed E-state index contributed by atoms with van der Waals surface area (Å²) < 4.78 is 15.9. The van der Waals surface area contributed by atoms with Crippen LogP contribution in [0, 0.1) is 0 Å². The first-order valence-electron chi connectivity index (χ1n) is 7.42. The molecule has 1 amide bonds. The fraction of sp³-hybridized carbons (Fsp3) is 0.353. The molecule has 1 aromatic carbocycles. The molecule has 0 saturated heterocycles. The Hall–Kier alpha value is -2.25. The van der Waals surface area contributed by atoms with Gasteiger partial charge in [0.05, 0.1) is 40.5 Å². The predicted octanol–water partition coefficient (Wildman–Crippen LogP) is 2.46. The van der Waals surface area contributed by atoms with Crippen LogP contribution in [0.1, 0.15) is 26.9 Å². The highest BCUT2D eigenvalue weighted by molar-refractivity contribution is 7.10. The Morgan fingerprint density at radius 2 is 1.88 bits per heavy atom. The van der Waals surface area contributed by atoms with Crippen LogP contribution in [0.3, 0.4) is 0 Å². The van der Waals surface area contributed by atoms with E-state index < -0.39 is 6.10 Å². The van der Waals surface area contributed by atoms with Crippen molar-refractivity contribution >= 4 is 17.2 Å². The van der Waals surface area contributed by atoms with E-state index in [9.17, 15) is 9.90 Å². The Kier molecular flexibility index (Phi) is 4.64. The molecule has 0 bridgehead atoms. The molecule has 0 radical (unpaired) electrons. The quantitative estimate of drug-likeness (QED) is 0.918. The number of nitrogens with zero attached hydrogens (tertiary/aromatic N) is 1. The maximum absolute atomic E-state index is 12.9. The van der Waals surface area contributed by atoms with Gasteiger partial charge in [-0.05, 0) is 29.1 Å². The Bertz CT molecular complexity index is 732. The van der Waals surface area contributed by atoms with Gasteiger partial charge in [-0.2, -0.15) is 0 Å². The third kappa shape index (κ3) is 2.81. The van der Waals surface area contributed by atoms with Crippen LogP contribution < -0.4 is 14.2 Å². The van der Waals surface area contributed by atoms with Crippen LogP contribution in [0.2, 0.25) is 0 Å². The van der Waals surface area contributed by atoms with E-state index in [0.29, 0.717) is 29.4 Å². The van der Waals surface area contributed by atoms with Gasteiger partial charge in [0.1, 0.15) is 0 Å². The van der Waals surface area contributed by atoms with Crippen molar-refractivity contribution in [2.24, 2.45) is 0 Å². The number of carbonyl (C=O) groups excluding carboxylic acids is 1. The topological polar surface area (TPSA) is 68.2 Å². The number of benzene rings is 1. The van der Waals surface area contributed by atoms with Gasteiger partial charge in [-0.3, -0.25) is 4.79 Å². The van der Waals surface area contributed by atoms with E-state index in [-0.39, 0.29) is 12.5 Å². The monoisotopic (exact) mass is 349 g/mol. The lowest BCUT2D eigenvalue weighted by atomic mass is 10.0. The van der Waals surface area contributed by atoms with Gasteiger partial charge in [0, 0.05) is 10.4 Å². The summed E-state index contributed by atoms with van der Waals surface area (Å²) in [5.74, 6) is 1.10. The Morgan fingerprint density at radius 3 is 2.46 bits per heavy atom. The van der Waals surface area contributed by atoms with Gasteiger partial charge in [0.15, 0.2) is 11.5 Å². The van der Waals surface area contributed by atoms with Gasteiger partial charge in [-0.25, -0.2) is 0 Å². The molecule has 3 rings (SSSR count). The molecular formula is C17H19NO5S. The molecule has 1 N–H and O–H groups in total. The summed E-state index contributed by atoms with van der Waals surface area (Å²) >= 11 is 1.54. The highest BCUT2D eigenvalue weighted by Gasteiger charge is 2.29. The normalized spacial score (nSPS) is 16.5. The van der Waals surface area contributed by atoms with E-state index in [1.807, 2.05) is 11.4 Å². The third-order valence-electron chi connectivity index (χ3n) is 4.07. The molecule has 1 atom stereocenters. The number of aliphatic hydroxyl groups excluding tert-OH is 1. The lowest BCUT2D eigenvalue weighted by Crippen LogP contribution is -2.37. The van der Waals surface area contributed by atoms with E-state index in [1.54, 1.807) is 28.4 Å². The number of thiophene rings is 1. The van der Waals surface area contributed by atoms with Crippen molar-refractivity contribution in [1.29, 1.82) is 0 Å². The summed E-state index contributed by atoms with van der Waals surface area (Å²) in [4.78, 5) is 15.5. The molecule has 24 heavy (non-hydrogen) atoms. The first-order valence-corrected chi connectivity index (χ1v) is 8.30. The van der Waals surface area contributed by atoms with Crippen LogP contribution in [0.4, 0.5) is 0 Å². The predicted molar refractivity (Wildman–Crippen MR) is 90.1 cm³/mol. The standard InChI is InChI=1S/C17H19NO5S/c1-21-13-6-10(7-14(22-2)16(13)23-3)17(20)18-8-12(19)11-4-5-24-15(11)9-18/h4-7,12,19H,8-9H2,1-3H3. The van der Waals surface area contributed by atoms with Gasteiger partial charge in [-0.15, -0.1) is 11.3 Å². The minimum absolute atomic E-state index is 0.188. The minimum Gasteiger partial charge on any atom is -0.493 e. The molecule has 1 aliphatic heterocycles. The molecule has 0 aliphatic carbocycles. The molecule has 0 saturated carbocycles. The molecule has 1 aromatic heterocycles. The summed E-state index contributed by atoms with van der Waals surface area (Å²) in [6.07, 6.45) is -0.661. The number of rotatable bonds is 4. The first kappa shape index (κ1) is 16.6. The first-order chi connectivity index (χ1) is 11.6. The summed E-state index contributed by atoms with van der Waals surface area (Å²) in [6, 6.07) is 5.16. The zero-order valence-electron chi connectivity index (χ0n) is 13.7. The molecule has 2 heterocycles. The molecule has 7 heteroatoms. The zero-order chi connectivity index (χ0) is 17.3. The second-order valence-corrected chi connectivity index (χ2v) is 6.42. The molecule has 0 fully saturated rings. The number of aliphatic hydroxyl groups is 1. The molecule has 6 nitrogen and oxygen atoms in total. The molecule has 1 aliphatic rings. The highest BCUT2D eigenvalue weighted by Crippen LogP contribution is 2.39. The van der Waals surface area contributed by atoms with Crippen molar-refractivity contribution in [3.63, 3.8) is 0 Å². The highest BCUT2D eigenvalue weighted by atomic mass is 32.1. The number of ether oxygens (including phenoxy) is 3. The summed E-state index contributed by atoms with van der Waals surface area (Å²) in [5.41, 5.74) is 1.34. The van der Waals surface area contributed by atoms with E-state index in [2.05, 4.69) is 0 Å². The Balaban J connectivity index is 1.93. The maximum Gasteiger partial charge on any atom is 0.254 e. The van der Waals surface area contributed by atoms with Crippen LogP contribution in [-0.4, -0.2) is 43.8 Å². The second-order valence-electron chi connectivity index (χ2n) is 5.41. The van der Waals surface area contributed by atoms with E-state index in [1.165, 1.54) is 21.3 Å². The minimum atomic E-state index is -0.661. The number of amides is 1. The van der Waals surface area contributed by atoms with E-state index >= 15 is 0 Å². The lowest BCUT2D eigenvalue weighted by Gasteiger charge is -2.30. The average molecular weight is 349 g/mol.